The van der Waals surface area contributed by atoms with Crippen LogP contribution in [0.15, 0.2) is 25.8 Å². The molecule has 9 heteroatoms. The van der Waals surface area contributed by atoms with E-state index in [-0.39, 0.29) is 12.8 Å². The van der Waals surface area contributed by atoms with Gasteiger partial charge in [0, 0.05) is 28.8 Å². The van der Waals surface area contributed by atoms with Crippen molar-refractivity contribution in [2.24, 2.45) is 0 Å². The van der Waals surface area contributed by atoms with E-state index < -0.39 is 36.6 Å². The van der Waals surface area contributed by atoms with E-state index in [0.29, 0.717) is 27.7 Å². The summed E-state index contributed by atoms with van der Waals surface area (Å²) in [5.74, 6) is -2.54. The number of carboxylic acid groups (broad SMARTS) is 2. The third-order valence-electron chi connectivity index (χ3n) is 5.18. The highest BCUT2D eigenvalue weighted by Crippen LogP contribution is 2.31. The number of amides is 1. The number of rotatable bonds is 7. The second-order valence-electron chi connectivity index (χ2n) is 7.16. The van der Waals surface area contributed by atoms with Gasteiger partial charge < -0.3 is 23.9 Å². The van der Waals surface area contributed by atoms with Crippen LogP contribution in [0.5, 0.6) is 0 Å². The Hall–Kier alpha value is -3.62. The molecular formula is C21H21NO8. The van der Waals surface area contributed by atoms with Crippen LogP contribution in [0.3, 0.4) is 0 Å². The van der Waals surface area contributed by atoms with E-state index in [1.807, 2.05) is 19.9 Å². The number of benzene rings is 1. The van der Waals surface area contributed by atoms with Crippen LogP contribution < -0.4 is 5.63 Å². The first kappa shape index (κ1) is 21.1. The van der Waals surface area contributed by atoms with Crippen LogP contribution in [0.1, 0.15) is 28.9 Å². The predicted molar refractivity (Wildman–Crippen MR) is 107 cm³/mol. The second-order valence-corrected chi connectivity index (χ2v) is 7.16. The van der Waals surface area contributed by atoms with Gasteiger partial charge in [0.2, 0.25) is 5.91 Å². The molecule has 2 aromatic heterocycles. The number of nitrogens with zero attached hydrogens (tertiary/aromatic N) is 1. The van der Waals surface area contributed by atoms with Gasteiger partial charge in [-0.25, -0.2) is 4.79 Å². The Kier molecular flexibility index (Phi) is 5.64. The van der Waals surface area contributed by atoms with Gasteiger partial charge in [-0.1, -0.05) is 0 Å². The van der Waals surface area contributed by atoms with E-state index in [1.54, 1.807) is 13.0 Å². The minimum Gasteiger partial charge on any atom is -0.480 e. The molecule has 0 aliphatic carbocycles. The molecule has 0 bridgehead atoms. The standard InChI is InChI=1S/C21H21NO8/c1-10-12(3)29-16-7-17-15(6-14(10)16)11(2)13(21(28)30-17)4-5-18(23)22(8-19(24)25)9-20(26)27/h6-7H,4-5,8-9H2,1-3H3,(H,24,25)(H,26,27). The van der Waals surface area contributed by atoms with Crippen molar-refractivity contribution in [1.82, 2.24) is 4.90 Å². The van der Waals surface area contributed by atoms with Crippen molar-refractivity contribution < 1.29 is 33.4 Å². The summed E-state index contributed by atoms with van der Waals surface area (Å²) < 4.78 is 11.1. The number of carboxylic acids is 2. The Labute approximate surface area is 170 Å². The Morgan fingerprint density at radius 3 is 2.07 bits per heavy atom. The Morgan fingerprint density at radius 1 is 0.900 bits per heavy atom. The minimum absolute atomic E-state index is 0.000111. The van der Waals surface area contributed by atoms with Gasteiger partial charge in [-0.3, -0.25) is 14.4 Å². The van der Waals surface area contributed by atoms with Crippen molar-refractivity contribution in [3.8, 4) is 0 Å². The first-order valence-electron chi connectivity index (χ1n) is 9.26. The molecule has 158 valence electrons. The molecule has 0 aliphatic rings. The quantitative estimate of drug-likeness (QED) is 0.561. The normalized spacial score (nSPS) is 11.2. The number of fused-ring (bicyclic) bond motifs is 2. The topological polar surface area (TPSA) is 138 Å². The Balaban J connectivity index is 1.93. The summed E-state index contributed by atoms with van der Waals surface area (Å²) in [6.07, 6.45) is -0.218. The maximum absolute atomic E-state index is 12.5. The summed E-state index contributed by atoms with van der Waals surface area (Å²) in [5.41, 5.74) is 2.30. The molecule has 9 nitrogen and oxygen atoms in total. The van der Waals surface area contributed by atoms with Crippen molar-refractivity contribution in [3.05, 3.63) is 45.0 Å². The van der Waals surface area contributed by atoms with Crippen molar-refractivity contribution >= 4 is 39.8 Å². The number of carbonyl (C=O) groups excluding carboxylic acids is 1. The molecule has 0 spiro atoms. The van der Waals surface area contributed by atoms with Gasteiger partial charge in [-0.05, 0) is 44.4 Å². The smallest absolute Gasteiger partial charge is 0.339 e. The Morgan fingerprint density at radius 2 is 1.47 bits per heavy atom. The third kappa shape index (κ3) is 4.05. The van der Waals surface area contributed by atoms with E-state index >= 15 is 0 Å². The number of carbonyl (C=O) groups is 3. The molecule has 0 aliphatic heterocycles. The van der Waals surface area contributed by atoms with Gasteiger partial charge in [0.25, 0.3) is 0 Å². The molecule has 2 heterocycles. The van der Waals surface area contributed by atoms with E-state index in [0.717, 1.165) is 21.6 Å². The summed E-state index contributed by atoms with van der Waals surface area (Å²) in [5, 5.41) is 19.4. The lowest BCUT2D eigenvalue weighted by atomic mass is 10.00. The van der Waals surface area contributed by atoms with Crippen molar-refractivity contribution in [2.45, 2.75) is 33.6 Å². The number of aliphatic carboxylic acids is 2. The molecule has 0 atom stereocenters. The van der Waals surface area contributed by atoms with E-state index in [4.69, 9.17) is 19.0 Å². The fourth-order valence-corrected chi connectivity index (χ4v) is 3.46. The van der Waals surface area contributed by atoms with Crippen LogP contribution in [0.4, 0.5) is 0 Å². The number of hydrogen-bond acceptors (Lipinski definition) is 6. The van der Waals surface area contributed by atoms with Crippen LogP contribution in [0.25, 0.3) is 21.9 Å². The third-order valence-corrected chi connectivity index (χ3v) is 5.18. The van der Waals surface area contributed by atoms with Crippen molar-refractivity contribution in [1.29, 1.82) is 0 Å². The van der Waals surface area contributed by atoms with Gasteiger partial charge in [0.05, 0.1) is 0 Å². The summed E-state index contributed by atoms with van der Waals surface area (Å²) in [4.78, 5) is 47.4. The first-order valence-corrected chi connectivity index (χ1v) is 9.26. The lowest BCUT2D eigenvalue weighted by Gasteiger charge is -2.18. The fraction of sp³-hybridized carbons (Fsp3) is 0.333. The molecule has 1 aromatic carbocycles. The minimum atomic E-state index is -1.32. The second kappa shape index (κ2) is 8.02. The molecule has 0 fully saturated rings. The SMILES string of the molecule is Cc1oc2cc3oc(=O)c(CCC(=O)N(CC(=O)O)CC(=O)O)c(C)c3cc2c1C. The summed E-state index contributed by atoms with van der Waals surface area (Å²) in [7, 11) is 0. The van der Waals surface area contributed by atoms with Gasteiger partial charge in [-0.2, -0.15) is 0 Å². The molecule has 0 unspecified atom stereocenters. The van der Waals surface area contributed by atoms with Gasteiger partial charge >= 0.3 is 17.6 Å². The summed E-state index contributed by atoms with van der Waals surface area (Å²) >= 11 is 0. The molecule has 3 rings (SSSR count). The number of aryl methyl sites for hydroxylation is 3. The molecule has 0 saturated carbocycles. The zero-order chi connectivity index (χ0) is 22.2. The van der Waals surface area contributed by atoms with Crippen LogP contribution in [0, 0.1) is 20.8 Å². The molecule has 2 N–H and O–H groups in total. The molecule has 30 heavy (non-hydrogen) atoms. The lowest BCUT2D eigenvalue weighted by Crippen LogP contribution is -2.39. The van der Waals surface area contributed by atoms with Crippen LogP contribution in [-0.4, -0.2) is 46.0 Å². The average Bonchev–Trinajstić information content (AvgIpc) is 2.92. The monoisotopic (exact) mass is 415 g/mol. The summed E-state index contributed by atoms with van der Waals surface area (Å²) in [6, 6.07) is 3.54. The van der Waals surface area contributed by atoms with Gasteiger partial charge in [-0.15, -0.1) is 0 Å². The maximum atomic E-state index is 12.5. The summed E-state index contributed by atoms with van der Waals surface area (Å²) in [6.45, 7) is 4.07. The van der Waals surface area contributed by atoms with Crippen LogP contribution in [0.2, 0.25) is 0 Å². The van der Waals surface area contributed by atoms with E-state index in [1.165, 1.54) is 0 Å². The number of hydrogen-bond donors (Lipinski definition) is 2. The van der Waals surface area contributed by atoms with Crippen LogP contribution >= 0.6 is 0 Å². The molecule has 1 amide bonds. The van der Waals surface area contributed by atoms with Crippen LogP contribution in [-0.2, 0) is 20.8 Å². The molecule has 0 saturated heterocycles. The molecular weight excluding hydrogens is 394 g/mol. The van der Waals surface area contributed by atoms with Crippen molar-refractivity contribution in [2.75, 3.05) is 13.1 Å². The van der Waals surface area contributed by atoms with E-state index in [2.05, 4.69) is 0 Å². The highest BCUT2D eigenvalue weighted by Gasteiger charge is 2.21. The largest absolute Gasteiger partial charge is 0.480 e. The van der Waals surface area contributed by atoms with Crippen molar-refractivity contribution in [3.63, 3.8) is 0 Å². The fourth-order valence-electron chi connectivity index (χ4n) is 3.46. The maximum Gasteiger partial charge on any atom is 0.339 e. The average molecular weight is 415 g/mol. The Bertz CT molecular complexity index is 1220. The number of furan rings is 1. The molecule has 3 aromatic rings. The predicted octanol–water partition coefficient (Wildman–Crippen LogP) is 2.39. The molecule has 0 radical (unpaired) electrons. The van der Waals surface area contributed by atoms with Gasteiger partial charge in [0.15, 0.2) is 0 Å². The van der Waals surface area contributed by atoms with E-state index in [9.17, 15) is 19.2 Å². The van der Waals surface area contributed by atoms with Gasteiger partial charge in [0.1, 0.15) is 30.0 Å². The lowest BCUT2D eigenvalue weighted by molar-refractivity contribution is -0.149. The zero-order valence-corrected chi connectivity index (χ0v) is 16.8. The zero-order valence-electron chi connectivity index (χ0n) is 16.8. The highest BCUT2D eigenvalue weighted by molar-refractivity contribution is 5.96. The first-order chi connectivity index (χ1) is 14.1. The highest BCUT2D eigenvalue weighted by atomic mass is 16.4.